The second-order valence-corrected chi connectivity index (χ2v) is 12.6. The van der Waals surface area contributed by atoms with Crippen LogP contribution in [-0.2, 0) is 52.3 Å². The molecule has 0 saturated carbocycles. The molecular weight excluding hydrogens is 702 g/mol. The highest BCUT2D eigenvalue weighted by molar-refractivity contribution is 7.85. The summed E-state index contributed by atoms with van der Waals surface area (Å²) >= 11 is 0. The van der Waals surface area contributed by atoms with Crippen LogP contribution in [0.15, 0.2) is 103 Å². The molecule has 1 aliphatic heterocycles. The van der Waals surface area contributed by atoms with Crippen LogP contribution in [0.1, 0.15) is 44.9 Å². The van der Waals surface area contributed by atoms with Gasteiger partial charge in [-0.3, -0.25) is 4.18 Å². The van der Waals surface area contributed by atoms with Crippen molar-refractivity contribution < 1.29 is 65.0 Å². The molecule has 4 rings (SSSR count). The van der Waals surface area contributed by atoms with Crippen molar-refractivity contribution in [2.45, 2.75) is 44.5 Å². The zero-order chi connectivity index (χ0) is 37.7. The lowest BCUT2D eigenvalue weighted by atomic mass is 9.96. The first-order chi connectivity index (χ1) is 24.9. The summed E-state index contributed by atoms with van der Waals surface area (Å²) in [4.78, 5) is 66.1. The minimum Gasteiger partial charge on any atom is -0.462 e. The molecule has 3 aromatic rings. The number of esters is 5. The van der Waals surface area contributed by atoms with E-state index in [1.807, 2.05) is 0 Å². The van der Waals surface area contributed by atoms with E-state index < -0.39 is 82.8 Å². The minimum absolute atomic E-state index is 0.0653. The lowest BCUT2D eigenvalue weighted by Gasteiger charge is -2.44. The molecule has 16 heteroatoms. The largest absolute Gasteiger partial charge is 0.462 e. The SMILES string of the molecule is CCOC(=O)C(=CN[C@@H]1O[C@H](COS(C)(=O)=O)[C@@H](OC(=O)c2ccccc2)[C@H](OC(=O)c2ccccc2)[C@H]1OC(=O)c1ccccc1)C(=O)OCC. The van der Waals surface area contributed by atoms with E-state index in [9.17, 15) is 32.4 Å². The number of benzene rings is 3. The number of ether oxygens (including phenoxy) is 6. The van der Waals surface area contributed by atoms with Gasteiger partial charge in [0.2, 0.25) is 0 Å². The first kappa shape index (κ1) is 39.2. The molecule has 0 unspecified atom stereocenters. The predicted molar refractivity (Wildman–Crippen MR) is 181 cm³/mol. The Morgan fingerprint density at radius 3 is 1.46 bits per heavy atom. The third-order valence-electron chi connectivity index (χ3n) is 7.22. The Morgan fingerprint density at radius 1 is 0.654 bits per heavy atom. The van der Waals surface area contributed by atoms with Gasteiger partial charge in [0, 0.05) is 6.20 Å². The molecule has 0 aromatic heterocycles. The molecule has 5 atom stereocenters. The molecule has 52 heavy (non-hydrogen) atoms. The molecule has 15 nitrogen and oxygen atoms in total. The number of nitrogens with one attached hydrogen (secondary N) is 1. The van der Waals surface area contributed by atoms with Crippen LogP contribution < -0.4 is 5.32 Å². The molecule has 276 valence electrons. The Hall–Kier alpha value is -5.58. The topological polar surface area (TPSA) is 196 Å². The smallest absolute Gasteiger partial charge is 0.347 e. The zero-order valence-corrected chi connectivity index (χ0v) is 29.2. The van der Waals surface area contributed by atoms with Crippen molar-refractivity contribution in [3.63, 3.8) is 0 Å². The van der Waals surface area contributed by atoms with E-state index in [-0.39, 0.29) is 29.9 Å². The summed E-state index contributed by atoms with van der Waals surface area (Å²) in [5, 5.41) is 2.68. The van der Waals surface area contributed by atoms with Crippen LogP contribution in [0, 0.1) is 0 Å². The Balaban J connectivity index is 1.86. The first-order valence-corrected chi connectivity index (χ1v) is 17.8. The molecule has 1 saturated heterocycles. The Labute approximate surface area is 299 Å². The van der Waals surface area contributed by atoms with Crippen LogP contribution >= 0.6 is 0 Å². The van der Waals surface area contributed by atoms with E-state index in [0.717, 1.165) is 12.5 Å². The van der Waals surface area contributed by atoms with Gasteiger partial charge >= 0.3 is 29.8 Å². The van der Waals surface area contributed by atoms with Crippen LogP contribution in [0.25, 0.3) is 0 Å². The average Bonchev–Trinajstić information content (AvgIpc) is 3.13. The van der Waals surface area contributed by atoms with Gasteiger partial charge in [-0.1, -0.05) is 54.6 Å². The third-order valence-corrected chi connectivity index (χ3v) is 7.78. The number of hydrogen-bond donors (Lipinski definition) is 1. The Bertz CT molecular complexity index is 1810. The van der Waals surface area contributed by atoms with Crippen molar-refractivity contribution in [1.82, 2.24) is 5.32 Å². The summed E-state index contributed by atoms with van der Waals surface area (Å²) in [6.45, 7) is 2.07. The number of hydrogen-bond acceptors (Lipinski definition) is 15. The van der Waals surface area contributed by atoms with E-state index in [2.05, 4.69) is 5.32 Å². The molecular formula is C36H37NO14S. The number of carbonyl (C=O) groups is 5. The van der Waals surface area contributed by atoms with Crippen molar-refractivity contribution in [3.8, 4) is 0 Å². The van der Waals surface area contributed by atoms with Crippen molar-refractivity contribution in [1.29, 1.82) is 0 Å². The summed E-state index contributed by atoms with van der Waals surface area (Å²) in [6, 6.07) is 23.2. The van der Waals surface area contributed by atoms with Gasteiger partial charge < -0.3 is 33.7 Å². The summed E-state index contributed by atoms with van der Waals surface area (Å²) < 4.78 is 63.1. The fraction of sp³-hybridized carbons (Fsp3) is 0.306. The van der Waals surface area contributed by atoms with Gasteiger partial charge in [0.05, 0.1) is 42.8 Å². The molecule has 1 aliphatic rings. The van der Waals surface area contributed by atoms with Gasteiger partial charge in [0.15, 0.2) is 30.1 Å². The Morgan fingerprint density at radius 2 is 1.06 bits per heavy atom. The molecule has 3 aromatic carbocycles. The second kappa shape index (κ2) is 18.6. The fourth-order valence-electron chi connectivity index (χ4n) is 4.86. The van der Waals surface area contributed by atoms with E-state index in [1.165, 1.54) is 50.2 Å². The van der Waals surface area contributed by atoms with Crippen LogP contribution in [0.2, 0.25) is 0 Å². The highest BCUT2D eigenvalue weighted by Gasteiger charge is 2.53. The number of rotatable bonds is 15. The highest BCUT2D eigenvalue weighted by atomic mass is 32.2. The van der Waals surface area contributed by atoms with Gasteiger partial charge in [0.1, 0.15) is 6.10 Å². The molecule has 0 amide bonds. The molecule has 0 aliphatic carbocycles. The van der Waals surface area contributed by atoms with Gasteiger partial charge in [-0.15, -0.1) is 0 Å². The third kappa shape index (κ3) is 11.0. The van der Waals surface area contributed by atoms with E-state index >= 15 is 0 Å². The van der Waals surface area contributed by atoms with Crippen LogP contribution in [-0.4, -0.2) is 95.0 Å². The van der Waals surface area contributed by atoms with Crippen LogP contribution in [0.3, 0.4) is 0 Å². The van der Waals surface area contributed by atoms with Gasteiger partial charge in [0.25, 0.3) is 10.1 Å². The molecule has 1 heterocycles. The van der Waals surface area contributed by atoms with Crippen LogP contribution in [0.4, 0.5) is 0 Å². The quantitative estimate of drug-likeness (QED) is 0.0596. The second-order valence-electron chi connectivity index (χ2n) is 11.0. The molecule has 0 bridgehead atoms. The summed E-state index contributed by atoms with van der Waals surface area (Å²) in [7, 11) is -4.13. The zero-order valence-electron chi connectivity index (χ0n) is 28.4. The molecule has 1 N–H and O–H groups in total. The summed E-state index contributed by atoms with van der Waals surface area (Å²) in [6.07, 6.45) is -6.60. The number of carbonyl (C=O) groups excluding carboxylic acids is 5. The van der Waals surface area contributed by atoms with Gasteiger partial charge in [-0.2, -0.15) is 8.42 Å². The summed E-state index contributed by atoms with van der Waals surface area (Å²) in [5.74, 6) is -4.93. The Kier molecular flexibility index (Phi) is 14.0. The predicted octanol–water partition coefficient (Wildman–Crippen LogP) is 2.96. The maximum atomic E-state index is 13.6. The van der Waals surface area contributed by atoms with Crippen LogP contribution in [0.5, 0.6) is 0 Å². The van der Waals surface area contributed by atoms with Gasteiger partial charge in [-0.05, 0) is 50.2 Å². The lowest BCUT2D eigenvalue weighted by molar-refractivity contribution is -0.231. The maximum Gasteiger partial charge on any atom is 0.347 e. The van der Waals surface area contributed by atoms with Crippen molar-refractivity contribution in [2.75, 3.05) is 26.1 Å². The van der Waals surface area contributed by atoms with E-state index in [4.69, 9.17) is 32.6 Å². The molecule has 0 spiro atoms. The van der Waals surface area contributed by atoms with E-state index in [1.54, 1.807) is 54.6 Å². The molecule has 1 fully saturated rings. The highest BCUT2D eigenvalue weighted by Crippen LogP contribution is 2.30. The van der Waals surface area contributed by atoms with Gasteiger partial charge in [-0.25, -0.2) is 24.0 Å². The normalized spacial score (nSPS) is 19.6. The minimum atomic E-state index is -4.13. The standard InChI is InChI=1S/C36H37NO14S/c1-4-45-35(41)26(36(42)46-5-2)21-37-31-30(51-34(40)25-19-13-8-14-20-25)29(50-33(39)24-17-11-7-12-18-24)28(27(48-31)22-47-52(3,43)44)49-32(38)23-15-9-6-10-16-23/h6-21,27-31,37H,4-5,22H2,1-3H3/t27-,28-,29+,30-,31-/m1/s1. The van der Waals surface area contributed by atoms with Crippen molar-refractivity contribution >= 4 is 40.0 Å². The monoisotopic (exact) mass is 739 g/mol. The lowest BCUT2D eigenvalue weighted by Crippen LogP contribution is -2.65. The summed E-state index contributed by atoms with van der Waals surface area (Å²) in [5.41, 5.74) is -0.396. The van der Waals surface area contributed by atoms with Crippen molar-refractivity contribution in [3.05, 3.63) is 119 Å². The first-order valence-electron chi connectivity index (χ1n) is 16.0. The maximum absolute atomic E-state index is 13.6. The average molecular weight is 740 g/mol. The van der Waals surface area contributed by atoms with Crippen molar-refractivity contribution in [2.24, 2.45) is 0 Å². The molecule has 0 radical (unpaired) electrons. The fourth-order valence-corrected chi connectivity index (χ4v) is 5.24. The van der Waals surface area contributed by atoms with E-state index in [0.29, 0.717) is 0 Å².